The van der Waals surface area contributed by atoms with Crippen molar-refractivity contribution in [2.75, 3.05) is 0 Å². The second-order valence-electron chi connectivity index (χ2n) is 5.14. The van der Waals surface area contributed by atoms with Gasteiger partial charge in [-0.3, -0.25) is 0 Å². The lowest BCUT2D eigenvalue weighted by molar-refractivity contribution is -0.278. The van der Waals surface area contributed by atoms with Crippen LogP contribution in [0.15, 0.2) is 12.1 Å². The summed E-state index contributed by atoms with van der Waals surface area (Å²) in [6.07, 6.45) is -16.4. The highest BCUT2D eigenvalue weighted by Gasteiger charge is 2.38. The zero-order valence-electron chi connectivity index (χ0n) is 12.6. The molecule has 0 unspecified atom stereocenters. The molecule has 25 heavy (non-hydrogen) atoms. The van der Waals surface area contributed by atoms with Crippen LogP contribution in [0, 0.1) is 5.92 Å². The van der Waals surface area contributed by atoms with Gasteiger partial charge in [-0.2, -0.15) is 0 Å². The third kappa shape index (κ3) is 8.07. The van der Waals surface area contributed by atoms with Gasteiger partial charge < -0.3 is 14.2 Å². The first-order valence-corrected chi connectivity index (χ1v) is 6.50. The van der Waals surface area contributed by atoms with Crippen LogP contribution >= 0.6 is 0 Å². The van der Waals surface area contributed by atoms with Gasteiger partial charge in [-0.05, 0) is 12.3 Å². The molecule has 0 bridgehead atoms. The van der Waals surface area contributed by atoms with Gasteiger partial charge in [-0.25, -0.2) is 0 Å². The first kappa shape index (κ1) is 21.0. The largest absolute Gasteiger partial charge is 0.573 e. The second-order valence-corrected chi connectivity index (χ2v) is 5.14. The SMILES string of the molecule is CC(C)Cc1c(OC(F)(F)F)cc(OC(F)(F)F)cc1OC(F)(F)F. The third-order valence-corrected chi connectivity index (χ3v) is 2.44. The molecular weight excluding hydrogens is 375 g/mol. The first-order chi connectivity index (χ1) is 11.1. The second kappa shape index (κ2) is 7.08. The van der Waals surface area contributed by atoms with Crippen molar-refractivity contribution in [1.29, 1.82) is 0 Å². The van der Waals surface area contributed by atoms with E-state index >= 15 is 0 Å². The minimum atomic E-state index is -5.35. The van der Waals surface area contributed by atoms with Crippen LogP contribution in [-0.2, 0) is 6.42 Å². The molecule has 0 atom stereocenters. The van der Waals surface area contributed by atoms with Crippen LogP contribution < -0.4 is 14.2 Å². The summed E-state index contributed by atoms with van der Waals surface area (Å²) in [7, 11) is 0. The van der Waals surface area contributed by atoms with E-state index < -0.39 is 47.8 Å². The van der Waals surface area contributed by atoms with Crippen molar-refractivity contribution in [2.45, 2.75) is 39.4 Å². The number of rotatable bonds is 5. The van der Waals surface area contributed by atoms with Crippen LogP contribution in [0.3, 0.4) is 0 Å². The van der Waals surface area contributed by atoms with Crippen molar-refractivity contribution < 1.29 is 53.7 Å². The first-order valence-electron chi connectivity index (χ1n) is 6.50. The van der Waals surface area contributed by atoms with Crippen molar-refractivity contribution in [3.8, 4) is 17.2 Å². The Kier molecular flexibility index (Phi) is 5.96. The topological polar surface area (TPSA) is 27.7 Å². The standard InChI is InChI=1S/C13H11F9O3/c1-6(2)3-8-9(24-12(17,18)19)4-7(23-11(14,15)16)5-10(8)25-13(20,21)22/h4-6H,3H2,1-2H3. The summed E-state index contributed by atoms with van der Waals surface area (Å²) < 4.78 is 122. The number of benzene rings is 1. The Morgan fingerprint density at radius 2 is 1.08 bits per heavy atom. The Hall–Kier alpha value is -2.01. The van der Waals surface area contributed by atoms with E-state index in [1.54, 1.807) is 0 Å². The Morgan fingerprint density at radius 1 is 0.720 bits per heavy atom. The maximum absolute atomic E-state index is 12.4. The molecule has 1 rings (SSSR count). The monoisotopic (exact) mass is 386 g/mol. The van der Waals surface area contributed by atoms with Gasteiger partial charge in [0.05, 0.1) is 0 Å². The maximum Gasteiger partial charge on any atom is 0.573 e. The summed E-state index contributed by atoms with van der Waals surface area (Å²) in [5, 5.41) is 0. The van der Waals surface area contributed by atoms with Crippen molar-refractivity contribution in [2.24, 2.45) is 5.92 Å². The Morgan fingerprint density at radius 3 is 1.36 bits per heavy atom. The number of hydrogen-bond donors (Lipinski definition) is 0. The zero-order valence-corrected chi connectivity index (χ0v) is 12.6. The minimum Gasteiger partial charge on any atom is -0.406 e. The van der Waals surface area contributed by atoms with E-state index in [1.165, 1.54) is 13.8 Å². The Balaban J connectivity index is 3.50. The zero-order chi connectivity index (χ0) is 19.6. The summed E-state index contributed by atoms with van der Waals surface area (Å²) in [6, 6.07) is 0.393. The molecule has 144 valence electrons. The fourth-order valence-electron chi connectivity index (χ4n) is 1.83. The fraction of sp³-hybridized carbons (Fsp3) is 0.538. The number of alkyl halides is 9. The van der Waals surface area contributed by atoms with E-state index in [0.717, 1.165) is 0 Å². The van der Waals surface area contributed by atoms with E-state index in [2.05, 4.69) is 14.2 Å². The molecule has 0 aliphatic rings. The van der Waals surface area contributed by atoms with Crippen molar-refractivity contribution in [3.63, 3.8) is 0 Å². The maximum atomic E-state index is 12.4. The van der Waals surface area contributed by atoms with Gasteiger partial charge in [0.1, 0.15) is 17.2 Å². The van der Waals surface area contributed by atoms with Gasteiger partial charge in [0.2, 0.25) is 0 Å². The van der Waals surface area contributed by atoms with Gasteiger partial charge >= 0.3 is 19.1 Å². The molecule has 0 saturated carbocycles. The predicted molar refractivity (Wildman–Crippen MR) is 65.0 cm³/mol. The molecule has 0 aliphatic heterocycles. The van der Waals surface area contributed by atoms with E-state index in [4.69, 9.17) is 0 Å². The molecule has 0 amide bonds. The predicted octanol–water partition coefficient (Wildman–Crippen LogP) is 5.58. The van der Waals surface area contributed by atoms with E-state index in [1.807, 2.05) is 0 Å². The summed E-state index contributed by atoms with van der Waals surface area (Å²) in [5.41, 5.74) is -0.695. The van der Waals surface area contributed by atoms with Crippen LogP contribution in [0.1, 0.15) is 19.4 Å². The quantitative estimate of drug-likeness (QED) is 0.619. The van der Waals surface area contributed by atoms with Crippen LogP contribution in [0.25, 0.3) is 0 Å². The summed E-state index contributed by atoms with van der Waals surface area (Å²) in [4.78, 5) is 0. The fourth-order valence-corrected chi connectivity index (χ4v) is 1.83. The third-order valence-electron chi connectivity index (χ3n) is 2.44. The molecule has 0 radical (unpaired) electrons. The van der Waals surface area contributed by atoms with Crippen LogP contribution in [0.2, 0.25) is 0 Å². The van der Waals surface area contributed by atoms with Gasteiger partial charge in [0.15, 0.2) is 0 Å². The van der Waals surface area contributed by atoms with Gasteiger partial charge in [0.25, 0.3) is 0 Å². The Bertz CT molecular complexity index is 551. The molecule has 1 aromatic rings. The van der Waals surface area contributed by atoms with Crippen molar-refractivity contribution in [3.05, 3.63) is 17.7 Å². The molecule has 12 heteroatoms. The lowest BCUT2D eigenvalue weighted by Gasteiger charge is -2.21. The molecule has 1 aromatic carbocycles. The van der Waals surface area contributed by atoms with E-state index in [9.17, 15) is 39.5 Å². The Labute approximate surface area is 135 Å². The normalized spacial score (nSPS) is 13.1. The number of hydrogen-bond acceptors (Lipinski definition) is 3. The molecule has 0 saturated heterocycles. The van der Waals surface area contributed by atoms with E-state index in [0.29, 0.717) is 0 Å². The molecule has 0 aromatic heterocycles. The van der Waals surface area contributed by atoms with E-state index in [-0.39, 0.29) is 18.6 Å². The molecule has 0 aliphatic carbocycles. The summed E-state index contributed by atoms with van der Waals surface area (Å²) >= 11 is 0. The molecular formula is C13H11F9O3. The molecule has 0 fully saturated rings. The van der Waals surface area contributed by atoms with Crippen LogP contribution in [0.5, 0.6) is 17.2 Å². The number of halogens is 9. The average Bonchev–Trinajstić information content (AvgIpc) is 2.26. The summed E-state index contributed by atoms with van der Waals surface area (Å²) in [5.74, 6) is -4.36. The van der Waals surface area contributed by atoms with Crippen LogP contribution in [-0.4, -0.2) is 19.1 Å². The minimum absolute atomic E-state index is 0.196. The van der Waals surface area contributed by atoms with Gasteiger partial charge in [-0.15, -0.1) is 39.5 Å². The average molecular weight is 386 g/mol. The summed E-state index contributed by atoms with van der Waals surface area (Å²) in [6.45, 7) is 2.93. The lowest BCUT2D eigenvalue weighted by Crippen LogP contribution is -2.22. The molecule has 0 heterocycles. The van der Waals surface area contributed by atoms with Gasteiger partial charge in [0, 0.05) is 17.7 Å². The van der Waals surface area contributed by atoms with Crippen LogP contribution in [0.4, 0.5) is 39.5 Å². The highest BCUT2D eigenvalue weighted by molar-refractivity contribution is 5.51. The molecule has 0 spiro atoms. The molecule has 0 N–H and O–H groups in total. The highest BCUT2D eigenvalue weighted by atomic mass is 19.4. The molecule has 3 nitrogen and oxygen atoms in total. The highest BCUT2D eigenvalue weighted by Crippen LogP contribution is 2.41. The smallest absolute Gasteiger partial charge is 0.406 e. The van der Waals surface area contributed by atoms with Crippen molar-refractivity contribution >= 4 is 0 Å². The number of ether oxygens (including phenoxy) is 3. The lowest BCUT2D eigenvalue weighted by atomic mass is 10.0. The van der Waals surface area contributed by atoms with Gasteiger partial charge in [-0.1, -0.05) is 13.8 Å². The van der Waals surface area contributed by atoms with Crippen molar-refractivity contribution in [1.82, 2.24) is 0 Å².